The van der Waals surface area contributed by atoms with Crippen LogP contribution >= 0.6 is 12.6 Å². The van der Waals surface area contributed by atoms with Crippen molar-refractivity contribution >= 4 is 18.6 Å². The van der Waals surface area contributed by atoms with Gasteiger partial charge in [-0.05, 0) is 13.8 Å². The normalized spacial score (nSPS) is 11.3. The van der Waals surface area contributed by atoms with Crippen LogP contribution < -0.4 is 0 Å². The SMILES string of the molecule is CC=C(C)C(=O)OCCS. The van der Waals surface area contributed by atoms with Crippen LogP contribution in [-0.2, 0) is 9.53 Å². The van der Waals surface area contributed by atoms with Crippen molar-refractivity contribution in [2.45, 2.75) is 13.8 Å². The lowest BCUT2D eigenvalue weighted by Crippen LogP contribution is -2.07. The first-order valence-corrected chi connectivity index (χ1v) is 3.76. The number of ether oxygens (including phenoxy) is 1. The van der Waals surface area contributed by atoms with Crippen LogP contribution in [0.15, 0.2) is 11.6 Å². The number of thiol groups is 1. The highest BCUT2D eigenvalue weighted by Crippen LogP contribution is 1.95. The predicted molar refractivity (Wildman–Crippen MR) is 44.2 cm³/mol. The molecule has 2 nitrogen and oxygen atoms in total. The number of rotatable bonds is 3. The Hall–Kier alpha value is -0.440. The molecule has 3 heteroatoms. The molecule has 0 saturated heterocycles. The van der Waals surface area contributed by atoms with Crippen LogP contribution in [0.5, 0.6) is 0 Å². The van der Waals surface area contributed by atoms with E-state index in [-0.39, 0.29) is 5.97 Å². The highest BCUT2D eigenvalue weighted by Gasteiger charge is 2.01. The van der Waals surface area contributed by atoms with Crippen molar-refractivity contribution in [3.05, 3.63) is 11.6 Å². The molecule has 0 spiro atoms. The van der Waals surface area contributed by atoms with Crippen molar-refractivity contribution in [1.29, 1.82) is 0 Å². The molecule has 0 radical (unpaired) electrons. The molecular weight excluding hydrogens is 148 g/mol. The molecule has 10 heavy (non-hydrogen) atoms. The third kappa shape index (κ3) is 3.56. The monoisotopic (exact) mass is 160 g/mol. The smallest absolute Gasteiger partial charge is 0.333 e. The molecule has 0 N–H and O–H groups in total. The van der Waals surface area contributed by atoms with Gasteiger partial charge in [0.2, 0.25) is 0 Å². The van der Waals surface area contributed by atoms with Gasteiger partial charge in [-0.2, -0.15) is 12.6 Å². The van der Waals surface area contributed by atoms with Gasteiger partial charge in [0, 0.05) is 11.3 Å². The molecule has 0 aliphatic heterocycles. The molecule has 0 heterocycles. The molecule has 0 aliphatic rings. The summed E-state index contributed by atoms with van der Waals surface area (Å²) < 4.78 is 4.76. The van der Waals surface area contributed by atoms with E-state index in [1.54, 1.807) is 19.9 Å². The summed E-state index contributed by atoms with van der Waals surface area (Å²) in [5.41, 5.74) is 0.641. The maximum Gasteiger partial charge on any atom is 0.333 e. The lowest BCUT2D eigenvalue weighted by Gasteiger charge is -2.00. The molecule has 58 valence electrons. The van der Waals surface area contributed by atoms with Crippen LogP contribution in [0.4, 0.5) is 0 Å². The van der Waals surface area contributed by atoms with Gasteiger partial charge in [0.15, 0.2) is 0 Å². The Balaban J connectivity index is 3.63. The molecule has 0 aromatic rings. The van der Waals surface area contributed by atoms with Gasteiger partial charge in [0.05, 0.1) is 0 Å². The van der Waals surface area contributed by atoms with Crippen molar-refractivity contribution in [1.82, 2.24) is 0 Å². The Bertz CT molecular complexity index is 141. The van der Waals surface area contributed by atoms with E-state index in [0.29, 0.717) is 17.9 Å². The molecule has 0 fully saturated rings. The summed E-state index contributed by atoms with van der Waals surface area (Å²) in [5.74, 6) is 0.319. The van der Waals surface area contributed by atoms with E-state index in [1.807, 2.05) is 0 Å². The third-order valence-corrected chi connectivity index (χ3v) is 1.26. The van der Waals surface area contributed by atoms with E-state index in [9.17, 15) is 4.79 Å². The lowest BCUT2D eigenvalue weighted by molar-refractivity contribution is -0.138. The van der Waals surface area contributed by atoms with E-state index < -0.39 is 0 Å². The van der Waals surface area contributed by atoms with Crippen LogP contribution in [0, 0.1) is 0 Å². The summed E-state index contributed by atoms with van der Waals surface area (Å²) in [6.07, 6.45) is 1.72. The lowest BCUT2D eigenvalue weighted by atomic mass is 10.3. The average molecular weight is 160 g/mol. The molecule has 0 aromatic carbocycles. The molecule has 0 atom stereocenters. The van der Waals surface area contributed by atoms with Gasteiger partial charge in [-0.25, -0.2) is 4.79 Å². The molecule has 0 aromatic heterocycles. The standard InChI is InChI=1S/C7H12O2S/c1-3-6(2)7(8)9-4-5-10/h3,10H,4-5H2,1-2H3. The minimum Gasteiger partial charge on any atom is -0.461 e. The fourth-order valence-corrected chi connectivity index (χ4v) is 0.461. The van der Waals surface area contributed by atoms with Gasteiger partial charge < -0.3 is 4.74 Å². The van der Waals surface area contributed by atoms with Crippen molar-refractivity contribution in [2.24, 2.45) is 0 Å². The predicted octanol–water partition coefficient (Wildman–Crippen LogP) is 1.43. The van der Waals surface area contributed by atoms with Crippen molar-refractivity contribution in [3.63, 3.8) is 0 Å². The topological polar surface area (TPSA) is 26.3 Å². The fourth-order valence-electron chi connectivity index (χ4n) is 0.370. The number of hydrogen-bond donors (Lipinski definition) is 1. The third-order valence-electron chi connectivity index (χ3n) is 1.08. The molecule has 0 rings (SSSR count). The first kappa shape index (κ1) is 9.56. The fraction of sp³-hybridized carbons (Fsp3) is 0.571. The number of carbonyl (C=O) groups excluding carboxylic acids is 1. The minimum absolute atomic E-state index is 0.253. The first-order valence-electron chi connectivity index (χ1n) is 3.13. The Kier molecular flexibility index (Phi) is 5.12. The maximum atomic E-state index is 10.8. The Morgan fingerprint density at radius 2 is 2.30 bits per heavy atom. The first-order chi connectivity index (χ1) is 4.72. The second kappa shape index (κ2) is 5.35. The van der Waals surface area contributed by atoms with Crippen LogP contribution in [0.3, 0.4) is 0 Å². The minimum atomic E-state index is -0.253. The van der Waals surface area contributed by atoms with Crippen LogP contribution in [0.1, 0.15) is 13.8 Å². The summed E-state index contributed by atoms with van der Waals surface area (Å²) in [6.45, 7) is 3.91. The molecular formula is C7H12O2S. The second-order valence-corrected chi connectivity index (χ2v) is 2.28. The van der Waals surface area contributed by atoms with Gasteiger partial charge in [-0.15, -0.1) is 0 Å². The number of carbonyl (C=O) groups is 1. The molecule has 0 aliphatic carbocycles. The van der Waals surface area contributed by atoms with Crippen molar-refractivity contribution < 1.29 is 9.53 Å². The van der Waals surface area contributed by atoms with Crippen LogP contribution in [0.25, 0.3) is 0 Å². The van der Waals surface area contributed by atoms with Gasteiger partial charge >= 0.3 is 5.97 Å². The molecule has 0 unspecified atom stereocenters. The largest absolute Gasteiger partial charge is 0.461 e. The van der Waals surface area contributed by atoms with Gasteiger partial charge in [-0.3, -0.25) is 0 Å². The summed E-state index contributed by atoms with van der Waals surface area (Å²) in [6, 6.07) is 0. The summed E-state index contributed by atoms with van der Waals surface area (Å²) in [4.78, 5) is 10.8. The van der Waals surface area contributed by atoms with E-state index >= 15 is 0 Å². The quantitative estimate of drug-likeness (QED) is 0.384. The van der Waals surface area contributed by atoms with E-state index in [1.165, 1.54) is 0 Å². The highest BCUT2D eigenvalue weighted by atomic mass is 32.1. The number of allylic oxidation sites excluding steroid dienone is 1. The zero-order chi connectivity index (χ0) is 7.98. The van der Waals surface area contributed by atoms with E-state index in [2.05, 4.69) is 12.6 Å². The Morgan fingerprint density at radius 3 is 2.70 bits per heavy atom. The molecule has 0 bridgehead atoms. The molecule has 0 saturated carbocycles. The number of hydrogen-bond acceptors (Lipinski definition) is 3. The van der Waals surface area contributed by atoms with Crippen molar-refractivity contribution in [3.8, 4) is 0 Å². The van der Waals surface area contributed by atoms with Crippen LogP contribution in [-0.4, -0.2) is 18.3 Å². The van der Waals surface area contributed by atoms with E-state index in [4.69, 9.17) is 4.74 Å². The van der Waals surface area contributed by atoms with Gasteiger partial charge in [0.25, 0.3) is 0 Å². The van der Waals surface area contributed by atoms with Gasteiger partial charge in [0.1, 0.15) is 6.61 Å². The Labute approximate surface area is 66.7 Å². The zero-order valence-corrected chi connectivity index (χ0v) is 7.15. The van der Waals surface area contributed by atoms with Crippen molar-refractivity contribution in [2.75, 3.05) is 12.4 Å². The number of esters is 1. The summed E-state index contributed by atoms with van der Waals surface area (Å²) >= 11 is 3.90. The summed E-state index contributed by atoms with van der Waals surface area (Å²) in [5, 5.41) is 0. The second-order valence-electron chi connectivity index (χ2n) is 1.83. The van der Waals surface area contributed by atoms with Crippen LogP contribution in [0.2, 0.25) is 0 Å². The maximum absolute atomic E-state index is 10.8. The van der Waals surface area contributed by atoms with Gasteiger partial charge in [-0.1, -0.05) is 6.08 Å². The summed E-state index contributed by atoms with van der Waals surface area (Å²) in [7, 11) is 0. The zero-order valence-electron chi connectivity index (χ0n) is 6.26. The highest BCUT2D eigenvalue weighted by molar-refractivity contribution is 7.80. The van der Waals surface area contributed by atoms with E-state index in [0.717, 1.165) is 0 Å². The molecule has 0 amide bonds. The Morgan fingerprint density at radius 1 is 1.70 bits per heavy atom. The average Bonchev–Trinajstić information content (AvgIpc) is 1.98.